The monoisotopic (exact) mass is 333 g/mol. The molecule has 0 aliphatic heterocycles. The van der Waals surface area contributed by atoms with Crippen molar-refractivity contribution < 1.29 is 8.42 Å². The van der Waals surface area contributed by atoms with E-state index in [9.17, 15) is 8.42 Å². The Morgan fingerprint density at radius 2 is 1.78 bits per heavy atom. The summed E-state index contributed by atoms with van der Waals surface area (Å²) in [6, 6.07) is 3.58. The van der Waals surface area contributed by atoms with Crippen LogP contribution in [0.1, 0.15) is 44.7 Å². The molecule has 0 fully saturated rings. The van der Waals surface area contributed by atoms with Gasteiger partial charge in [-0.05, 0) is 41.5 Å². The molecule has 0 aliphatic rings. The summed E-state index contributed by atoms with van der Waals surface area (Å²) in [7, 11) is -3.67. The van der Waals surface area contributed by atoms with E-state index in [-0.39, 0.29) is 10.8 Å². The maximum absolute atomic E-state index is 11.7. The smallest absolute Gasteiger partial charge is 0.225 e. The summed E-state index contributed by atoms with van der Waals surface area (Å²) in [4.78, 5) is 0.247. The molecular weight excluding hydrogens is 314 g/mol. The van der Waals surface area contributed by atoms with Crippen LogP contribution in [0.2, 0.25) is 0 Å². The second kappa shape index (κ2) is 5.72. The van der Waals surface area contributed by atoms with Gasteiger partial charge in [-0.15, -0.1) is 0 Å². The Labute approximate surface area is 118 Å². The molecular formula is C13H20BrNO2S. The molecule has 1 rings (SSSR count). The van der Waals surface area contributed by atoms with Crippen molar-refractivity contribution in [2.75, 3.05) is 0 Å². The maximum atomic E-state index is 11.7. The number of sulfonamides is 1. The van der Waals surface area contributed by atoms with Crippen molar-refractivity contribution >= 4 is 26.0 Å². The minimum atomic E-state index is -3.67. The summed E-state index contributed by atoms with van der Waals surface area (Å²) in [5, 5.41) is 5.30. The second-order valence-electron chi connectivity index (χ2n) is 5.28. The largest absolute Gasteiger partial charge is 0.238 e. The van der Waals surface area contributed by atoms with Crippen LogP contribution in [0.25, 0.3) is 0 Å². The van der Waals surface area contributed by atoms with E-state index in [1.807, 2.05) is 19.9 Å². The van der Waals surface area contributed by atoms with E-state index in [0.717, 1.165) is 22.0 Å². The molecule has 0 bridgehead atoms. The van der Waals surface area contributed by atoms with Crippen LogP contribution in [0.3, 0.4) is 0 Å². The number of hydrogen-bond acceptors (Lipinski definition) is 2. The van der Waals surface area contributed by atoms with Gasteiger partial charge in [0, 0.05) is 4.47 Å². The molecule has 0 spiro atoms. The Morgan fingerprint density at radius 1 is 1.22 bits per heavy atom. The maximum Gasteiger partial charge on any atom is 0.238 e. The fourth-order valence-corrected chi connectivity index (χ4v) is 3.36. The van der Waals surface area contributed by atoms with Gasteiger partial charge < -0.3 is 0 Å². The average molecular weight is 334 g/mol. The highest BCUT2D eigenvalue weighted by atomic mass is 79.9. The van der Waals surface area contributed by atoms with E-state index in [1.165, 1.54) is 0 Å². The van der Waals surface area contributed by atoms with Crippen molar-refractivity contribution in [2.45, 2.75) is 44.9 Å². The minimum absolute atomic E-state index is 0.114. The zero-order valence-electron chi connectivity index (χ0n) is 11.2. The molecule has 0 saturated carbocycles. The first-order valence-corrected chi connectivity index (χ1v) is 8.32. The molecule has 1 aromatic carbocycles. The highest BCUT2D eigenvalue weighted by molar-refractivity contribution is 9.10. The van der Waals surface area contributed by atoms with E-state index in [0.29, 0.717) is 5.92 Å². The zero-order chi connectivity index (χ0) is 14.1. The normalized spacial score (nSPS) is 12.4. The van der Waals surface area contributed by atoms with Crippen molar-refractivity contribution in [1.82, 2.24) is 0 Å². The molecule has 1 aromatic rings. The fraction of sp³-hybridized carbons (Fsp3) is 0.538. The Kier molecular flexibility index (Phi) is 4.98. The molecule has 18 heavy (non-hydrogen) atoms. The van der Waals surface area contributed by atoms with E-state index in [1.54, 1.807) is 6.07 Å². The van der Waals surface area contributed by atoms with Crippen molar-refractivity contribution in [3.05, 3.63) is 27.7 Å². The third-order valence-corrected chi connectivity index (χ3v) is 4.44. The fourth-order valence-electron chi connectivity index (χ4n) is 1.90. The van der Waals surface area contributed by atoms with Crippen LogP contribution in [-0.4, -0.2) is 8.42 Å². The van der Waals surface area contributed by atoms with Gasteiger partial charge in [0.1, 0.15) is 0 Å². The lowest BCUT2D eigenvalue weighted by Crippen LogP contribution is -2.16. The number of benzene rings is 1. The third kappa shape index (κ3) is 3.80. The first-order chi connectivity index (χ1) is 8.12. The number of hydrogen-bond donors (Lipinski definition) is 1. The van der Waals surface area contributed by atoms with E-state index >= 15 is 0 Å². The van der Waals surface area contributed by atoms with Gasteiger partial charge in [0.15, 0.2) is 0 Å². The number of halogens is 1. The van der Waals surface area contributed by atoms with Crippen LogP contribution < -0.4 is 5.14 Å². The summed E-state index contributed by atoms with van der Waals surface area (Å²) in [6.07, 6.45) is 0.821. The van der Waals surface area contributed by atoms with Gasteiger partial charge in [-0.3, -0.25) is 0 Å². The second-order valence-corrected chi connectivity index (χ2v) is 7.66. The molecule has 0 atom stereocenters. The Morgan fingerprint density at radius 3 is 2.17 bits per heavy atom. The lowest BCUT2D eigenvalue weighted by atomic mass is 9.97. The molecule has 0 unspecified atom stereocenters. The number of primary sulfonamides is 1. The van der Waals surface area contributed by atoms with Gasteiger partial charge >= 0.3 is 0 Å². The SMILES string of the molecule is CC(C)Cc1cc(S(N)(=O)=O)c(C(C)C)cc1Br. The third-order valence-electron chi connectivity index (χ3n) is 2.74. The molecule has 0 aliphatic carbocycles. The summed E-state index contributed by atoms with van der Waals surface area (Å²) >= 11 is 3.51. The molecule has 102 valence electrons. The quantitative estimate of drug-likeness (QED) is 0.917. The van der Waals surface area contributed by atoms with Crippen LogP contribution in [0.15, 0.2) is 21.5 Å². The van der Waals surface area contributed by atoms with Crippen molar-refractivity contribution in [3.63, 3.8) is 0 Å². The van der Waals surface area contributed by atoms with Crippen LogP contribution in [-0.2, 0) is 16.4 Å². The molecule has 3 nitrogen and oxygen atoms in total. The summed E-state index contributed by atoms with van der Waals surface area (Å²) in [5.74, 6) is 0.572. The van der Waals surface area contributed by atoms with Crippen molar-refractivity contribution in [1.29, 1.82) is 0 Å². The lowest BCUT2D eigenvalue weighted by molar-refractivity contribution is 0.594. The van der Waals surface area contributed by atoms with Gasteiger partial charge in [-0.1, -0.05) is 43.6 Å². The summed E-state index contributed by atoms with van der Waals surface area (Å²) in [5.41, 5.74) is 1.75. The summed E-state index contributed by atoms with van der Waals surface area (Å²) in [6.45, 7) is 8.11. The predicted molar refractivity (Wildman–Crippen MR) is 78.1 cm³/mol. The highest BCUT2D eigenvalue weighted by Gasteiger charge is 2.19. The molecule has 0 radical (unpaired) electrons. The van der Waals surface area contributed by atoms with Crippen molar-refractivity contribution in [3.8, 4) is 0 Å². The van der Waals surface area contributed by atoms with Crippen LogP contribution in [0.4, 0.5) is 0 Å². The van der Waals surface area contributed by atoms with Gasteiger partial charge in [0.25, 0.3) is 0 Å². The van der Waals surface area contributed by atoms with Gasteiger partial charge in [-0.25, -0.2) is 13.6 Å². The highest BCUT2D eigenvalue weighted by Crippen LogP contribution is 2.30. The number of nitrogens with two attached hydrogens (primary N) is 1. The molecule has 0 aromatic heterocycles. The van der Waals surface area contributed by atoms with E-state index in [2.05, 4.69) is 29.8 Å². The Balaban J connectivity index is 3.46. The lowest BCUT2D eigenvalue weighted by Gasteiger charge is -2.16. The molecule has 5 heteroatoms. The van der Waals surface area contributed by atoms with Gasteiger partial charge in [0.2, 0.25) is 10.0 Å². The first kappa shape index (κ1) is 15.7. The van der Waals surface area contributed by atoms with Gasteiger partial charge in [0.05, 0.1) is 4.90 Å². The standard InChI is InChI=1S/C13H20BrNO2S/c1-8(2)5-10-6-13(18(15,16)17)11(9(3)4)7-12(10)14/h6-9H,5H2,1-4H3,(H2,15,16,17). The summed E-state index contributed by atoms with van der Waals surface area (Å²) < 4.78 is 24.3. The van der Waals surface area contributed by atoms with E-state index in [4.69, 9.17) is 5.14 Å². The topological polar surface area (TPSA) is 60.2 Å². The minimum Gasteiger partial charge on any atom is -0.225 e. The van der Waals surface area contributed by atoms with Gasteiger partial charge in [-0.2, -0.15) is 0 Å². The van der Waals surface area contributed by atoms with Crippen LogP contribution in [0, 0.1) is 5.92 Å². The molecule has 0 heterocycles. The first-order valence-electron chi connectivity index (χ1n) is 5.98. The molecule has 0 amide bonds. The van der Waals surface area contributed by atoms with Crippen LogP contribution in [0.5, 0.6) is 0 Å². The molecule has 2 N–H and O–H groups in total. The molecule has 0 saturated heterocycles. The van der Waals surface area contributed by atoms with E-state index < -0.39 is 10.0 Å². The Hall–Kier alpha value is -0.390. The number of rotatable bonds is 4. The predicted octanol–water partition coefficient (Wildman–Crippen LogP) is 3.42. The van der Waals surface area contributed by atoms with Crippen molar-refractivity contribution in [2.24, 2.45) is 11.1 Å². The Bertz CT molecular complexity index is 536. The average Bonchev–Trinajstić information content (AvgIpc) is 2.17. The van der Waals surface area contributed by atoms with Crippen LogP contribution >= 0.6 is 15.9 Å². The zero-order valence-corrected chi connectivity index (χ0v) is 13.6.